The van der Waals surface area contributed by atoms with Crippen molar-refractivity contribution in [2.75, 3.05) is 4.72 Å². The number of hydrogen-bond donors (Lipinski definition) is 1. The minimum atomic E-state index is -4.50. The molecule has 1 aliphatic rings. The lowest BCUT2D eigenvalue weighted by Crippen LogP contribution is -2.06. The summed E-state index contributed by atoms with van der Waals surface area (Å²) < 4.78 is 43.7. The molecular formula is C17H12Cl2F3N3S. The molecule has 4 rings (SSSR count). The highest BCUT2D eigenvalue weighted by Gasteiger charge is 2.33. The Balaban J connectivity index is 1.61. The molecule has 1 aliphatic carbocycles. The van der Waals surface area contributed by atoms with Gasteiger partial charge in [-0.15, -0.1) is 0 Å². The molecule has 1 fully saturated rings. The molecular weight excluding hydrogens is 406 g/mol. The Kier molecular flexibility index (Phi) is 4.49. The van der Waals surface area contributed by atoms with E-state index in [4.69, 9.17) is 23.2 Å². The van der Waals surface area contributed by atoms with Gasteiger partial charge in [-0.1, -0.05) is 23.2 Å². The van der Waals surface area contributed by atoms with Crippen LogP contribution < -0.4 is 4.72 Å². The topological polar surface area (TPSA) is 29.3 Å². The summed E-state index contributed by atoms with van der Waals surface area (Å²) in [6, 6.07) is 9.23. The summed E-state index contributed by atoms with van der Waals surface area (Å²) in [5, 5.41) is 4.83. The predicted molar refractivity (Wildman–Crippen MR) is 98.1 cm³/mol. The molecule has 136 valence electrons. The van der Waals surface area contributed by atoms with E-state index in [0.717, 1.165) is 42.1 Å². The van der Waals surface area contributed by atoms with E-state index in [9.17, 15) is 13.2 Å². The zero-order valence-corrected chi connectivity index (χ0v) is 15.5. The molecule has 26 heavy (non-hydrogen) atoms. The Morgan fingerprint density at radius 1 is 1.08 bits per heavy atom. The third-order valence-corrected chi connectivity index (χ3v) is 5.55. The van der Waals surface area contributed by atoms with Gasteiger partial charge in [-0.25, -0.2) is 4.52 Å². The molecule has 1 N–H and O–H groups in total. The number of anilines is 1. The summed E-state index contributed by atoms with van der Waals surface area (Å²) in [6.45, 7) is 0. The van der Waals surface area contributed by atoms with E-state index in [1.165, 1.54) is 12.1 Å². The van der Waals surface area contributed by atoms with Crippen LogP contribution in [0.4, 0.5) is 19.0 Å². The van der Waals surface area contributed by atoms with Gasteiger partial charge in [0.25, 0.3) is 0 Å². The Morgan fingerprint density at radius 3 is 2.50 bits per heavy atom. The van der Waals surface area contributed by atoms with E-state index >= 15 is 0 Å². The van der Waals surface area contributed by atoms with Crippen LogP contribution in [-0.4, -0.2) is 9.61 Å². The van der Waals surface area contributed by atoms with E-state index < -0.39 is 11.7 Å². The number of fused-ring (bicyclic) bond motifs is 1. The van der Waals surface area contributed by atoms with Crippen molar-refractivity contribution in [3.05, 3.63) is 57.7 Å². The largest absolute Gasteiger partial charge is 0.417 e. The lowest BCUT2D eigenvalue weighted by atomic mass is 10.2. The first kappa shape index (κ1) is 17.8. The fourth-order valence-corrected chi connectivity index (χ4v) is 3.73. The SMILES string of the molecule is FC(F)(F)c1cc(SNc2ccc(Cl)c3cc(C4CC4)nn23)ccc1Cl. The van der Waals surface area contributed by atoms with Gasteiger partial charge in [0.2, 0.25) is 0 Å². The molecule has 3 nitrogen and oxygen atoms in total. The first-order valence-corrected chi connectivity index (χ1v) is 9.38. The van der Waals surface area contributed by atoms with Gasteiger partial charge in [0.15, 0.2) is 0 Å². The van der Waals surface area contributed by atoms with Gasteiger partial charge < -0.3 is 4.72 Å². The van der Waals surface area contributed by atoms with Gasteiger partial charge >= 0.3 is 6.18 Å². The number of nitrogens with zero attached hydrogens (tertiary/aromatic N) is 2. The maximum Gasteiger partial charge on any atom is 0.417 e. The number of halogens is 5. The van der Waals surface area contributed by atoms with Gasteiger partial charge in [0, 0.05) is 10.8 Å². The minimum Gasteiger partial charge on any atom is -0.310 e. The zero-order valence-electron chi connectivity index (χ0n) is 13.1. The van der Waals surface area contributed by atoms with E-state index in [1.807, 2.05) is 6.07 Å². The number of alkyl halides is 3. The van der Waals surface area contributed by atoms with Crippen molar-refractivity contribution in [3.63, 3.8) is 0 Å². The third kappa shape index (κ3) is 3.48. The first-order valence-electron chi connectivity index (χ1n) is 7.81. The molecule has 1 saturated carbocycles. The summed E-state index contributed by atoms with van der Waals surface area (Å²) in [5.41, 5.74) is 0.894. The van der Waals surface area contributed by atoms with Crippen molar-refractivity contribution < 1.29 is 13.2 Å². The van der Waals surface area contributed by atoms with E-state index in [1.54, 1.807) is 16.6 Å². The average molecular weight is 418 g/mol. The number of pyridine rings is 1. The molecule has 0 spiro atoms. The van der Waals surface area contributed by atoms with Gasteiger partial charge in [-0.3, -0.25) is 0 Å². The molecule has 0 saturated heterocycles. The normalized spacial score (nSPS) is 14.8. The fourth-order valence-electron chi connectivity index (χ4n) is 2.61. The number of hydrogen-bond acceptors (Lipinski definition) is 3. The maximum atomic E-state index is 13.0. The third-order valence-electron chi connectivity index (χ3n) is 4.10. The van der Waals surface area contributed by atoms with Crippen LogP contribution in [0.2, 0.25) is 10.0 Å². The fraction of sp³-hybridized carbons (Fsp3) is 0.235. The first-order chi connectivity index (χ1) is 12.3. The standard InChI is InChI=1S/C17H12Cl2F3N3S/c18-12-4-3-10(7-11(12)17(20,21)22)26-24-16-6-5-13(19)15-8-14(9-1-2-9)23-25(15)16/h3-9,24H,1-2H2. The lowest BCUT2D eigenvalue weighted by Gasteiger charge is -2.12. The molecule has 2 heterocycles. The summed E-state index contributed by atoms with van der Waals surface area (Å²) in [6.07, 6.45) is -2.27. The Morgan fingerprint density at radius 2 is 1.81 bits per heavy atom. The monoisotopic (exact) mass is 417 g/mol. The summed E-state index contributed by atoms with van der Waals surface area (Å²) >= 11 is 12.9. The number of aromatic nitrogens is 2. The Hall–Kier alpha value is -1.57. The number of benzene rings is 1. The maximum absolute atomic E-state index is 13.0. The van der Waals surface area contributed by atoms with Gasteiger partial charge in [0.1, 0.15) is 5.82 Å². The second-order valence-electron chi connectivity index (χ2n) is 6.05. The highest BCUT2D eigenvalue weighted by atomic mass is 35.5. The molecule has 0 aliphatic heterocycles. The van der Waals surface area contributed by atoms with Crippen molar-refractivity contribution in [2.24, 2.45) is 0 Å². The molecule has 2 aromatic heterocycles. The van der Waals surface area contributed by atoms with Crippen molar-refractivity contribution >= 4 is 46.5 Å². The summed E-state index contributed by atoms with van der Waals surface area (Å²) in [7, 11) is 0. The average Bonchev–Trinajstić information content (AvgIpc) is 3.33. The highest BCUT2D eigenvalue weighted by molar-refractivity contribution is 8.00. The molecule has 0 atom stereocenters. The highest BCUT2D eigenvalue weighted by Crippen LogP contribution is 2.41. The van der Waals surface area contributed by atoms with E-state index in [-0.39, 0.29) is 5.02 Å². The predicted octanol–water partition coefficient (Wildman–Crippen LogP) is 6.66. The Bertz CT molecular complexity index is 983. The smallest absolute Gasteiger partial charge is 0.310 e. The lowest BCUT2D eigenvalue weighted by molar-refractivity contribution is -0.137. The van der Waals surface area contributed by atoms with Crippen LogP contribution in [0.1, 0.15) is 30.0 Å². The Labute approximate surface area is 161 Å². The number of rotatable bonds is 4. The van der Waals surface area contributed by atoms with Crippen LogP contribution in [0.15, 0.2) is 41.3 Å². The van der Waals surface area contributed by atoms with Crippen LogP contribution >= 0.6 is 35.1 Å². The van der Waals surface area contributed by atoms with Crippen molar-refractivity contribution in [2.45, 2.75) is 29.8 Å². The molecule has 0 radical (unpaired) electrons. The quantitative estimate of drug-likeness (QED) is 0.481. The van der Waals surface area contributed by atoms with Gasteiger partial charge in [-0.05, 0) is 61.2 Å². The molecule has 0 unspecified atom stereocenters. The summed E-state index contributed by atoms with van der Waals surface area (Å²) in [5.74, 6) is 1.10. The van der Waals surface area contributed by atoms with E-state index in [2.05, 4.69) is 9.82 Å². The second kappa shape index (κ2) is 6.55. The minimum absolute atomic E-state index is 0.322. The van der Waals surface area contributed by atoms with Gasteiger partial charge in [0.05, 0.1) is 26.8 Å². The van der Waals surface area contributed by atoms with Crippen LogP contribution in [0.3, 0.4) is 0 Å². The summed E-state index contributed by atoms with van der Waals surface area (Å²) in [4.78, 5) is 0.388. The number of nitrogens with one attached hydrogen (secondary N) is 1. The molecule has 0 amide bonds. The zero-order chi connectivity index (χ0) is 18.5. The molecule has 9 heteroatoms. The van der Waals surface area contributed by atoms with Crippen molar-refractivity contribution in [1.29, 1.82) is 0 Å². The van der Waals surface area contributed by atoms with Crippen molar-refractivity contribution in [1.82, 2.24) is 9.61 Å². The molecule has 3 aromatic rings. The molecule has 1 aromatic carbocycles. The van der Waals surface area contributed by atoms with Gasteiger partial charge in [-0.2, -0.15) is 18.3 Å². The van der Waals surface area contributed by atoms with Crippen LogP contribution in [0.25, 0.3) is 5.52 Å². The second-order valence-corrected chi connectivity index (χ2v) is 7.74. The van der Waals surface area contributed by atoms with E-state index in [0.29, 0.717) is 21.7 Å². The van der Waals surface area contributed by atoms with Crippen LogP contribution in [-0.2, 0) is 6.18 Å². The molecule has 0 bridgehead atoms. The van der Waals surface area contributed by atoms with Crippen molar-refractivity contribution in [3.8, 4) is 0 Å². The van der Waals surface area contributed by atoms with Crippen LogP contribution in [0.5, 0.6) is 0 Å². The van der Waals surface area contributed by atoms with Crippen LogP contribution in [0, 0.1) is 0 Å².